The third-order valence-electron chi connectivity index (χ3n) is 5.26. The molecule has 0 aromatic heterocycles. The first-order chi connectivity index (χ1) is 16.0. The van der Waals surface area contributed by atoms with E-state index in [4.69, 9.17) is 18.9 Å². The zero-order valence-corrected chi connectivity index (χ0v) is 18.9. The topological polar surface area (TPSA) is 77.5 Å². The highest BCUT2D eigenvalue weighted by atomic mass is 19.1. The summed E-state index contributed by atoms with van der Waals surface area (Å²) in [5.74, 6) is 0.120. The SMILES string of the molecule is COc1cc(/C=C/C(=O)OCC(=O)N2CCN(c3ccccc3F)CC2)cc(OC)c1OC. The van der Waals surface area contributed by atoms with Crippen LogP contribution in [-0.2, 0) is 14.3 Å². The molecule has 0 spiro atoms. The largest absolute Gasteiger partial charge is 0.493 e. The molecule has 1 fully saturated rings. The Labute approximate surface area is 192 Å². The average Bonchev–Trinajstić information content (AvgIpc) is 2.85. The maximum absolute atomic E-state index is 14.0. The number of para-hydroxylation sites is 1. The Balaban J connectivity index is 1.50. The summed E-state index contributed by atoms with van der Waals surface area (Å²) in [6.07, 6.45) is 2.76. The van der Waals surface area contributed by atoms with Gasteiger partial charge >= 0.3 is 5.97 Å². The molecule has 9 heteroatoms. The monoisotopic (exact) mass is 458 g/mol. The lowest BCUT2D eigenvalue weighted by Gasteiger charge is -2.36. The second-order valence-corrected chi connectivity index (χ2v) is 7.22. The second kappa shape index (κ2) is 11.2. The second-order valence-electron chi connectivity index (χ2n) is 7.22. The fraction of sp³-hybridized carbons (Fsp3) is 0.333. The van der Waals surface area contributed by atoms with E-state index in [2.05, 4.69) is 0 Å². The van der Waals surface area contributed by atoms with Gasteiger partial charge in [-0.05, 0) is 35.9 Å². The van der Waals surface area contributed by atoms with Crippen molar-refractivity contribution in [2.24, 2.45) is 0 Å². The van der Waals surface area contributed by atoms with Gasteiger partial charge in [0.2, 0.25) is 5.75 Å². The van der Waals surface area contributed by atoms with Crippen LogP contribution in [0.5, 0.6) is 17.2 Å². The van der Waals surface area contributed by atoms with E-state index in [1.165, 1.54) is 39.5 Å². The molecule has 8 nitrogen and oxygen atoms in total. The van der Waals surface area contributed by atoms with Crippen molar-refractivity contribution in [3.05, 3.63) is 53.9 Å². The first kappa shape index (κ1) is 23.9. The summed E-state index contributed by atoms with van der Waals surface area (Å²) in [6, 6.07) is 9.92. The van der Waals surface area contributed by atoms with Crippen molar-refractivity contribution in [1.82, 2.24) is 4.90 Å². The molecule has 0 bridgehead atoms. The van der Waals surface area contributed by atoms with E-state index in [9.17, 15) is 14.0 Å². The molecule has 1 heterocycles. The molecule has 3 rings (SSSR count). The van der Waals surface area contributed by atoms with Gasteiger partial charge in [-0.3, -0.25) is 4.79 Å². The van der Waals surface area contributed by atoms with E-state index in [1.807, 2.05) is 4.90 Å². The van der Waals surface area contributed by atoms with Gasteiger partial charge < -0.3 is 28.7 Å². The molecule has 1 aliphatic rings. The fourth-order valence-electron chi connectivity index (χ4n) is 3.54. The van der Waals surface area contributed by atoms with E-state index in [1.54, 1.807) is 35.2 Å². The van der Waals surface area contributed by atoms with Crippen LogP contribution in [0.1, 0.15) is 5.56 Å². The van der Waals surface area contributed by atoms with E-state index in [-0.39, 0.29) is 18.3 Å². The molecule has 0 atom stereocenters. The predicted molar refractivity (Wildman–Crippen MR) is 121 cm³/mol. The van der Waals surface area contributed by atoms with Gasteiger partial charge in [-0.25, -0.2) is 9.18 Å². The highest BCUT2D eigenvalue weighted by Gasteiger charge is 2.23. The number of carbonyl (C=O) groups is 2. The summed E-state index contributed by atoms with van der Waals surface area (Å²) < 4.78 is 34.9. The van der Waals surface area contributed by atoms with Crippen LogP contribution in [0, 0.1) is 5.82 Å². The maximum atomic E-state index is 14.0. The zero-order chi connectivity index (χ0) is 23.8. The van der Waals surface area contributed by atoms with Gasteiger partial charge in [-0.2, -0.15) is 0 Å². The number of esters is 1. The van der Waals surface area contributed by atoms with Crippen LogP contribution in [0.3, 0.4) is 0 Å². The number of carbonyl (C=O) groups excluding carboxylic acids is 2. The number of ether oxygens (including phenoxy) is 4. The molecule has 0 radical (unpaired) electrons. The van der Waals surface area contributed by atoms with Gasteiger partial charge in [0.1, 0.15) is 5.82 Å². The number of piperazine rings is 1. The molecule has 0 unspecified atom stereocenters. The van der Waals surface area contributed by atoms with E-state index < -0.39 is 5.97 Å². The maximum Gasteiger partial charge on any atom is 0.331 e. The van der Waals surface area contributed by atoms with Crippen molar-refractivity contribution < 1.29 is 32.9 Å². The smallest absolute Gasteiger partial charge is 0.331 e. The van der Waals surface area contributed by atoms with Crippen molar-refractivity contribution in [1.29, 1.82) is 0 Å². The number of halogens is 1. The molecule has 0 aliphatic carbocycles. The van der Waals surface area contributed by atoms with Gasteiger partial charge in [0.15, 0.2) is 18.1 Å². The number of benzene rings is 2. The minimum Gasteiger partial charge on any atom is -0.493 e. The quantitative estimate of drug-likeness (QED) is 0.445. The Bertz CT molecular complexity index is 993. The van der Waals surface area contributed by atoms with Crippen molar-refractivity contribution in [2.45, 2.75) is 0 Å². The van der Waals surface area contributed by atoms with Crippen LogP contribution >= 0.6 is 0 Å². The molecule has 33 heavy (non-hydrogen) atoms. The van der Waals surface area contributed by atoms with Crippen LogP contribution in [0.4, 0.5) is 10.1 Å². The van der Waals surface area contributed by atoms with Crippen molar-refractivity contribution in [3.63, 3.8) is 0 Å². The predicted octanol–water partition coefficient (Wildman–Crippen LogP) is 2.76. The number of anilines is 1. The van der Waals surface area contributed by atoms with Crippen LogP contribution in [-0.4, -0.2) is 70.9 Å². The van der Waals surface area contributed by atoms with E-state index in [0.29, 0.717) is 54.7 Å². The molecule has 2 aromatic rings. The summed E-state index contributed by atoms with van der Waals surface area (Å²) in [5.41, 5.74) is 1.16. The van der Waals surface area contributed by atoms with Gasteiger partial charge in [0.05, 0.1) is 27.0 Å². The molecule has 0 saturated carbocycles. The average molecular weight is 458 g/mol. The standard InChI is InChI=1S/C24H27FN2O6/c1-30-20-14-17(15-21(31-2)24(20)32-3)8-9-23(29)33-16-22(28)27-12-10-26(11-13-27)19-7-5-4-6-18(19)25/h4-9,14-15H,10-13,16H2,1-3H3/b9-8+. The molecule has 1 aliphatic heterocycles. The number of amides is 1. The van der Waals surface area contributed by atoms with Gasteiger partial charge in [-0.15, -0.1) is 0 Å². The third-order valence-corrected chi connectivity index (χ3v) is 5.26. The fourth-order valence-corrected chi connectivity index (χ4v) is 3.54. The Morgan fingerprint density at radius 1 is 0.970 bits per heavy atom. The highest BCUT2D eigenvalue weighted by Crippen LogP contribution is 2.38. The molecular weight excluding hydrogens is 431 g/mol. The van der Waals surface area contributed by atoms with Crippen LogP contribution in [0.15, 0.2) is 42.5 Å². The van der Waals surface area contributed by atoms with E-state index in [0.717, 1.165) is 0 Å². The summed E-state index contributed by atoms with van der Waals surface area (Å²) >= 11 is 0. The highest BCUT2D eigenvalue weighted by molar-refractivity contribution is 5.89. The summed E-state index contributed by atoms with van der Waals surface area (Å²) in [4.78, 5) is 28.0. The van der Waals surface area contributed by atoms with Gasteiger partial charge in [0, 0.05) is 32.3 Å². The Kier molecular flexibility index (Phi) is 8.12. The summed E-state index contributed by atoms with van der Waals surface area (Å²) in [7, 11) is 4.51. The first-order valence-corrected chi connectivity index (χ1v) is 10.4. The lowest BCUT2D eigenvalue weighted by Crippen LogP contribution is -2.50. The van der Waals surface area contributed by atoms with Crippen molar-refractivity contribution in [2.75, 3.05) is 59.0 Å². The third kappa shape index (κ3) is 5.94. The lowest BCUT2D eigenvalue weighted by molar-refractivity contribution is -0.148. The number of rotatable bonds is 8. The normalized spacial score (nSPS) is 13.7. The summed E-state index contributed by atoms with van der Waals surface area (Å²) in [5, 5.41) is 0. The molecule has 2 aromatic carbocycles. The Morgan fingerprint density at radius 2 is 1.61 bits per heavy atom. The minimum absolute atomic E-state index is 0.287. The number of hydrogen-bond acceptors (Lipinski definition) is 7. The molecule has 1 saturated heterocycles. The van der Waals surface area contributed by atoms with Crippen LogP contribution in [0.2, 0.25) is 0 Å². The number of methoxy groups -OCH3 is 3. The Morgan fingerprint density at radius 3 is 2.18 bits per heavy atom. The molecule has 176 valence electrons. The molecular formula is C24H27FN2O6. The van der Waals surface area contributed by atoms with Crippen LogP contribution in [0.25, 0.3) is 6.08 Å². The zero-order valence-electron chi connectivity index (χ0n) is 18.9. The van der Waals surface area contributed by atoms with Gasteiger partial charge in [-0.1, -0.05) is 12.1 Å². The molecule has 0 N–H and O–H groups in total. The van der Waals surface area contributed by atoms with E-state index >= 15 is 0 Å². The Hall–Kier alpha value is -3.75. The molecule has 1 amide bonds. The lowest BCUT2D eigenvalue weighted by atomic mass is 10.1. The first-order valence-electron chi connectivity index (χ1n) is 10.4. The number of nitrogens with zero attached hydrogens (tertiary/aromatic N) is 2. The minimum atomic E-state index is -0.651. The van der Waals surface area contributed by atoms with Crippen molar-refractivity contribution >= 4 is 23.6 Å². The van der Waals surface area contributed by atoms with Crippen molar-refractivity contribution in [3.8, 4) is 17.2 Å². The van der Waals surface area contributed by atoms with Crippen LogP contribution < -0.4 is 19.1 Å². The van der Waals surface area contributed by atoms with Gasteiger partial charge in [0.25, 0.3) is 5.91 Å². The summed E-state index contributed by atoms with van der Waals surface area (Å²) in [6.45, 7) is 1.49. The number of hydrogen-bond donors (Lipinski definition) is 0.